The number of carboxylic acid groups (broad SMARTS) is 1. The molecule has 0 aliphatic heterocycles. The summed E-state index contributed by atoms with van der Waals surface area (Å²) in [5.41, 5.74) is 1.60. The van der Waals surface area contributed by atoms with E-state index in [-0.39, 0.29) is 6.42 Å². The summed E-state index contributed by atoms with van der Waals surface area (Å²) in [4.78, 5) is 10.4. The minimum atomic E-state index is -0.726. The molecule has 2 aromatic rings. The first-order chi connectivity index (χ1) is 11.7. The van der Waals surface area contributed by atoms with Crippen molar-refractivity contribution in [3.8, 4) is 5.75 Å². The van der Waals surface area contributed by atoms with E-state index in [9.17, 15) is 4.79 Å². The van der Waals surface area contributed by atoms with Gasteiger partial charge in [0.05, 0.1) is 18.0 Å². The summed E-state index contributed by atoms with van der Waals surface area (Å²) in [6.45, 7) is 0.637. The Bertz CT molecular complexity index is 639. The van der Waals surface area contributed by atoms with Crippen LogP contribution in [-0.4, -0.2) is 17.7 Å². The lowest BCUT2D eigenvalue weighted by Gasteiger charge is -2.06. The van der Waals surface area contributed by atoms with Gasteiger partial charge in [0.2, 0.25) is 0 Å². The maximum atomic E-state index is 10.4. The number of aliphatic carboxylic acids is 1. The van der Waals surface area contributed by atoms with Crippen LogP contribution < -0.4 is 4.74 Å². The van der Waals surface area contributed by atoms with Crippen molar-refractivity contribution in [3.05, 3.63) is 54.6 Å². The van der Waals surface area contributed by atoms with Crippen molar-refractivity contribution in [2.45, 2.75) is 32.1 Å². The fraction of sp³-hybridized carbons (Fsp3) is 0.316. The molecule has 0 unspecified atom stereocenters. The number of carbonyl (C=O) groups is 1. The Morgan fingerprint density at radius 2 is 1.46 bits per heavy atom. The predicted octanol–water partition coefficient (Wildman–Crippen LogP) is 5.52. The van der Waals surface area contributed by atoms with Gasteiger partial charge in [-0.25, -0.2) is 0 Å². The van der Waals surface area contributed by atoms with Crippen LogP contribution in [0.2, 0.25) is 0 Å². The molecule has 0 atom stereocenters. The van der Waals surface area contributed by atoms with Crippen LogP contribution in [0.3, 0.4) is 0 Å². The summed E-state index contributed by atoms with van der Waals surface area (Å²) in [5.74, 6) is 0.0787. The highest BCUT2D eigenvalue weighted by Crippen LogP contribution is 2.21. The van der Waals surface area contributed by atoms with Gasteiger partial charge in [0, 0.05) is 6.42 Å². The number of carboxylic acids is 1. The zero-order valence-corrected chi connectivity index (χ0v) is 13.6. The number of nitrogens with zero attached hydrogens (tertiary/aromatic N) is 2. The van der Waals surface area contributed by atoms with Crippen LogP contribution >= 0.6 is 0 Å². The average molecular weight is 326 g/mol. The van der Waals surface area contributed by atoms with Gasteiger partial charge in [-0.15, -0.1) is 0 Å². The molecular formula is C19H22N2O3. The standard InChI is InChI=1S/C19H22N2O3/c22-19(23)10-6-1-2-7-15-24-18-13-11-17(12-14-18)21-20-16-8-4-3-5-9-16/h3-5,8-9,11-14H,1-2,6-7,10,15H2,(H,22,23). The Morgan fingerprint density at radius 3 is 2.12 bits per heavy atom. The van der Waals surface area contributed by atoms with Crippen molar-refractivity contribution in [2.24, 2.45) is 10.2 Å². The Labute approximate surface area is 142 Å². The maximum absolute atomic E-state index is 10.4. The van der Waals surface area contributed by atoms with Crippen molar-refractivity contribution in [1.29, 1.82) is 0 Å². The molecule has 0 saturated carbocycles. The summed E-state index contributed by atoms with van der Waals surface area (Å²) in [6, 6.07) is 17.1. The van der Waals surface area contributed by atoms with E-state index in [0.717, 1.165) is 42.8 Å². The van der Waals surface area contributed by atoms with Gasteiger partial charge in [-0.2, -0.15) is 10.2 Å². The number of ether oxygens (including phenoxy) is 1. The number of hydrogen-bond acceptors (Lipinski definition) is 4. The summed E-state index contributed by atoms with van der Waals surface area (Å²) >= 11 is 0. The van der Waals surface area contributed by atoms with Gasteiger partial charge in [-0.05, 0) is 49.2 Å². The molecule has 0 spiro atoms. The quantitative estimate of drug-likeness (QED) is 0.462. The van der Waals surface area contributed by atoms with Gasteiger partial charge in [-0.3, -0.25) is 4.79 Å². The molecule has 0 radical (unpaired) electrons. The molecule has 0 aliphatic rings. The van der Waals surface area contributed by atoms with E-state index in [2.05, 4.69) is 10.2 Å². The smallest absolute Gasteiger partial charge is 0.303 e. The first-order valence-corrected chi connectivity index (χ1v) is 8.15. The van der Waals surface area contributed by atoms with E-state index in [1.54, 1.807) is 0 Å². The number of hydrogen-bond donors (Lipinski definition) is 1. The van der Waals surface area contributed by atoms with Gasteiger partial charge in [0.15, 0.2) is 0 Å². The fourth-order valence-corrected chi connectivity index (χ4v) is 2.14. The number of benzene rings is 2. The van der Waals surface area contributed by atoms with Gasteiger partial charge >= 0.3 is 5.97 Å². The molecular weight excluding hydrogens is 304 g/mol. The number of rotatable bonds is 10. The molecule has 0 bridgehead atoms. The molecule has 0 saturated heterocycles. The monoisotopic (exact) mass is 326 g/mol. The van der Waals surface area contributed by atoms with Gasteiger partial charge in [0.1, 0.15) is 5.75 Å². The van der Waals surface area contributed by atoms with E-state index in [1.807, 2.05) is 54.6 Å². The summed E-state index contributed by atoms with van der Waals surface area (Å²) in [5, 5.41) is 16.9. The van der Waals surface area contributed by atoms with Crippen LogP contribution in [0, 0.1) is 0 Å². The van der Waals surface area contributed by atoms with Crippen LogP contribution in [0.4, 0.5) is 11.4 Å². The van der Waals surface area contributed by atoms with Crippen molar-refractivity contribution < 1.29 is 14.6 Å². The van der Waals surface area contributed by atoms with Crippen molar-refractivity contribution in [2.75, 3.05) is 6.61 Å². The fourth-order valence-electron chi connectivity index (χ4n) is 2.14. The molecule has 5 nitrogen and oxygen atoms in total. The number of unbranched alkanes of at least 4 members (excludes halogenated alkanes) is 3. The molecule has 126 valence electrons. The van der Waals surface area contributed by atoms with E-state index in [1.165, 1.54) is 0 Å². The SMILES string of the molecule is O=C(O)CCCCCCOc1ccc(N=Nc2ccccc2)cc1. The third-order valence-corrected chi connectivity index (χ3v) is 3.43. The molecule has 0 amide bonds. The molecule has 1 N–H and O–H groups in total. The minimum Gasteiger partial charge on any atom is -0.494 e. The largest absolute Gasteiger partial charge is 0.494 e. The highest BCUT2D eigenvalue weighted by Gasteiger charge is 1.98. The molecule has 0 aromatic heterocycles. The zero-order valence-electron chi connectivity index (χ0n) is 13.6. The van der Waals surface area contributed by atoms with E-state index in [0.29, 0.717) is 6.61 Å². The third-order valence-electron chi connectivity index (χ3n) is 3.43. The lowest BCUT2D eigenvalue weighted by atomic mass is 10.1. The maximum Gasteiger partial charge on any atom is 0.303 e. The molecule has 2 aromatic carbocycles. The highest BCUT2D eigenvalue weighted by atomic mass is 16.5. The van der Waals surface area contributed by atoms with Crippen molar-refractivity contribution in [3.63, 3.8) is 0 Å². The zero-order chi connectivity index (χ0) is 17.0. The van der Waals surface area contributed by atoms with Crippen LogP contribution in [0.25, 0.3) is 0 Å². The summed E-state index contributed by atoms with van der Waals surface area (Å²) in [6.07, 6.45) is 3.82. The van der Waals surface area contributed by atoms with Crippen LogP contribution in [0.15, 0.2) is 64.8 Å². The Balaban J connectivity index is 1.67. The topological polar surface area (TPSA) is 71.2 Å². The van der Waals surface area contributed by atoms with Gasteiger partial charge in [-0.1, -0.05) is 31.0 Å². The first-order valence-electron chi connectivity index (χ1n) is 8.15. The Morgan fingerprint density at radius 1 is 0.833 bits per heavy atom. The summed E-state index contributed by atoms with van der Waals surface area (Å²) in [7, 11) is 0. The van der Waals surface area contributed by atoms with Crippen molar-refractivity contribution in [1.82, 2.24) is 0 Å². The second-order valence-electron chi connectivity index (χ2n) is 5.44. The van der Waals surface area contributed by atoms with Crippen LogP contribution in [-0.2, 0) is 4.79 Å². The minimum absolute atomic E-state index is 0.250. The molecule has 0 aliphatic carbocycles. The Hall–Kier alpha value is -2.69. The molecule has 0 heterocycles. The summed E-state index contributed by atoms with van der Waals surface area (Å²) < 4.78 is 5.66. The average Bonchev–Trinajstić information content (AvgIpc) is 2.61. The lowest BCUT2D eigenvalue weighted by Crippen LogP contribution is -1.98. The predicted molar refractivity (Wildman–Crippen MR) is 93.3 cm³/mol. The number of azo groups is 1. The van der Waals surface area contributed by atoms with Gasteiger partial charge in [0.25, 0.3) is 0 Å². The van der Waals surface area contributed by atoms with Crippen LogP contribution in [0.5, 0.6) is 5.75 Å². The molecule has 5 heteroatoms. The molecule has 24 heavy (non-hydrogen) atoms. The Kier molecular flexibility index (Phi) is 7.47. The third kappa shape index (κ3) is 7.05. The first kappa shape index (κ1) is 17.7. The van der Waals surface area contributed by atoms with Crippen LogP contribution in [0.1, 0.15) is 32.1 Å². The highest BCUT2D eigenvalue weighted by molar-refractivity contribution is 5.66. The molecule has 2 rings (SSSR count). The van der Waals surface area contributed by atoms with E-state index in [4.69, 9.17) is 9.84 Å². The normalized spacial score (nSPS) is 10.8. The van der Waals surface area contributed by atoms with E-state index >= 15 is 0 Å². The second-order valence-corrected chi connectivity index (χ2v) is 5.44. The van der Waals surface area contributed by atoms with Gasteiger partial charge < -0.3 is 9.84 Å². The van der Waals surface area contributed by atoms with Crippen molar-refractivity contribution >= 4 is 17.3 Å². The van der Waals surface area contributed by atoms with E-state index < -0.39 is 5.97 Å². The molecule has 0 fully saturated rings. The second kappa shape index (κ2) is 10.2. The lowest BCUT2D eigenvalue weighted by molar-refractivity contribution is -0.137.